The summed E-state index contributed by atoms with van der Waals surface area (Å²) in [5.74, 6) is -0.892. The van der Waals surface area contributed by atoms with Gasteiger partial charge in [0.1, 0.15) is 11.5 Å². The summed E-state index contributed by atoms with van der Waals surface area (Å²) in [6, 6.07) is 23.2. The van der Waals surface area contributed by atoms with Crippen LogP contribution in [0.2, 0.25) is 0 Å². The fraction of sp³-hybridized carbons (Fsp3) is 0.185. The Morgan fingerprint density at radius 1 is 0.939 bits per heavy atom. The molecule has 1 unspecified atom stereocenters. The highest BCUT2D eigenvalue weighted by Gasteiger charge is 2.46. The maximum absolute atomic E-state index is 13.2. The molecule has 3 aromatic rings. The number of rotatable bonds is 6. The number of likely N-dealkylation sites (tertiary alicyclic amines) is 1. The minimum absolute atomic E-state index is 0.0821. The summed E-state index contributed by atoms with van der Waals surface area (Å²) in [5.41, 5.74) is 3.18. The van der Waals surface area contributed by atoms with Gasteiger partial charge in [-0.1, -0.05) is 42.5 Å². The summed E-state index contributed by atoms with van der Waals surface area (Å²) < 4.78 is 5.19. The zero-order valence-electron chi connectivity index (χ0n) is 18.9. The van der Waals surface area contributed by atoms with Gasteiger partial charge in [-0.25, -0.2) is 0 Å². The van der Waals surface area contributed by atoms with Crippen LogP contribution < -0.4 is 9.64 Å². The lowest BCUT2D eigenvalue weighted by molar-refractivity contribution is -0.140. The second-order valence-electron chi connectivity index (χ2n) is 8.13. The van der Waals surface area contributed by atoms with E-state index in [1.807, 2.05) is 73.6 Å². The summed E-state index contributed by atoms with van der Waals surface area (Å²) in [4.78, 5) is 29.8. The molecule has 33 heavy (non-hydrogen) atoms. The van der Waals surface area contributed by atoms with E-state index in [9.17, 15) is 14.7 Å². The number of aliphatic hydroxyl groups is 1. The van der Waals surface area contributed by atoms with Crippen molar-refractivity contribution in [2.45, 2.75) is 12.6 Å². The number of ketones is 1. The van der Waals surface area contributed by atoms with Gasteiger partial charge in [-0.3, -0.25) is 9.59 Å². The Hall–Kier alpha value is -4.06. The molecule has 6 heteroatoms. The Kier molecular flexibility index (Phi) is 6.18. The van der Waals surface area contributed by atoms with Gasteiger partial charge in [0.2, 0.25) is 0 Å². The van der Waals surface area contributed by atoms with Gasteiger partial charge >= 0.3 is 0 Å². The molecular formula is C27H26N2O4. The number of carbonyl (C=O) groups is 2. The largest absolute Gasteiger partial charge is 0.507 e. The highest BCUT2D eigenvalue weighted by atomic mass is 16.5. The Bertz CT molecular complexity index is 1180. The smallest absolute Gasteiger partial charge is 0.295 e. The quantitative estimate of drug-likeness (QED) is 0.349. The molecule has 1 saturated heterocycles. The normalized spacial score (nSPS) is 17.3. The fourth-order valence-electron chi connectivity index (χ4n) is 4.03. The summed E-state index contributed by atoms with van der Waals surface area (Å²) in [5, 5.41) is 11.2. The molecule has 1 N–H and O–H groups in total. The number of hydrogen-bond acceptors (Lipinski definition) is 5. The van der Waals surface area contributed by atoms with E-state index in [0.717, 1.165) is 16.8 Å². The van der Waals surface area contributed by atoms with Crippen LogP contribution >= 0.6 is 0 Å². The molecule has 1 aliphatic rings. The highest BCUT2D eigenvalue weighted by molar-refractivity contribution is 6.46. The van der Waals surface area contributed by atoms with E-state index in [-0.39, 0.29) is 17.9 Å². The van der Waals surface area contributed by atoms with Crippen molar-refractivity contribution in [3.63, 3.8) is 0 Å². The number of methoxy groups -OCH3 is 1. The summed E-state index contributed by atoms with van der Waals surface area (Å²) in [6.07, 6.45) is 0. The number of ether oxygens (including phenoxy) is 1. The minimum atomic E-state index is -0.705. The lowest BCUT2D eigenvalue weighted by Gasteiger charge is -2.26. The van der Waals surface area contributed by atoms with Gasteiger partial charge in [-0.15, -0.1) is 0 Å². The van der Waals surface area contributed by atoms with Crippen LogP contribution in [-0.4, -0.2) is 42.9 Å². The predicted molar refractivity (Wildman–Crippen MR) is 128 cm³/mol. The molecule has 0 aromatic heterocycles. The lowest BCUT2D eigenvalue weighted by atomic mass is 9.95. The van der Waals surface area contributed by atoms with E-state index in [2.05, 4.69) is 0 Å². The molecular weight excluding hydrogens is 416 g/mol. The average molecular weight is 443 g/mol. The van der Waals surface area contributed by atoms with Crippen molar-refractivity contribution in [2.24, 2.45) is 0 Å². The lowest BCUT2D eigenvalue weighted by Crippen LogP contribution is -2.29. The first-order valence-electron chi connectivity index (χ1n) is 10.6. The average Bonchev–Trinajstić information content (AvgIpc) is 3.09. The van der Waals surface area contributed by atoms with E-state index < -0.39 is 17.7 Å². The van der Waals surface area contributed by atoms with Crippen molar-refractivity contribution in [3.8, 4) is 5.75 Å². The molecule has 1 heterocycles. The number of benzene rings is 3. The molecule has 0 spiro atoms. The topological polar surface area (TPSA) is 70.1 Å². The number of amides is 1. The van der Waals surface area contributed by atoms with Crippen LogP contribution in [0.1, 0.15) is 22.7 Å². The Labute approximate surface area is 193 Å². The first kappa shape index (κ1) is 22.1. The van der Waals surface area contributed by atoms with E-state index in [1.54, 1.807) is 31.4 Å². The van der Waals surface area contributed by atoms with Crippen molar-refractivity contribution in [3.05, 3.63) is 101 Å². The third-order valence-electron chi connectivity index (χ3n) is 5.82. The van der Waals surface area contributed by atoms with Crippen LogP contribution in [-0.2, 0) is 16.1 Å². The number of Topliss-reactive ketones (excluding diaryl/α,β-unsaturated/α-hetero) is 1. The second-order valence-corrected chi connectivity index (χ2v) is 8.13. The predicted octanol–water partition coefficient (Wildman–Crippen LogP) is 4.38. The molecule has 1 atom stereocenters. The Morgan fingerprint density at radius 3 is 2.15 bits per heavy atom. The summed E-state index contributed by atoms with van der Waals surface area (Å²) >= 11 is 0. The molecule has 0 aliphatic carbocycles. The number of nitrogens with zero attached hydrogens (tertiary/aromatic N) is 2. The van der Waals surface area contributed by atoms with E-state index in [1.165, 1.54) is 4.90 Å². The van der Waals surface area contributed by atoms with Gasteiger partial charge in [-0.05, 0) is 47.5 Å². The van der Waals surface area contributed by atoms with Crippen LogP contribution in [0.25, 0.3) is 5.76 Å². The standard InChI is InChI=1S/C27H26N2O4/c1-28(2)21-13-9-19(10-14-21)24-23(25(30)20-11-15-22(33-3)16-12-20)26(31)27(32)29(24)17-18-7-5-4-6-8-18/h4-16,24,30H,17H2,1-3H3/b25-23+. The first-order valence-corrected chi connectivity index (χ1v) is 10.6. The van der Waals surface area contributed by atoms with Crippen molar-refractivity contribution in [2.75, 3.05) is 26.1 Å². The van der Waals surface area contributed by atoms with E-state index in [0.29, 0.717) is 11.3 Å². The van der Waals surface area contributed by atoms with Gasteiger partial charge < -0.3 is 19.6 Å². The SMILES string of the molecule is COc1ccc(/C(O)=C2\C(=O)C(=O)N(Cc3ccccc3)C2c2ccc(N(C)C)cc2)cc1. The summed E-state index contributed by atoms with van der Waals surface area (Å²) in [7, 11) is 5.45. The van der Waals surface area contributed by atoms with Crippen molar-refractivity contribution < 1.29 is 19.4 Å². The molecule has 0 radical (unpaired) electrons. The van der Waals surface area contributed by atoms with Crippen molar-refractivity contribution in [1.29, 1.82) is 0 Å². The number of carbonyl (C=O) groups excluding carboxylic acids is 2. The van der Waals surface area contributed by atoms with E-state index in [4.69, 9.17) is 4.74 Å². The van der Waals surface area contributed by atoms with Crippen LogP contribution in [0, 0.1) is 0 Å². The van der Waals surface area contributed by atoms with E-state index >= 15 is 0 Å². The maximum Gasteiger partial charge on any atom is 0.295 e. The molecule has 1 amide bonds. The summed E-state index contributed by atoms with van der Waals surface area (Å²) in [6.45, 7) is 0.255. The van der Waals surface area contributed by atoms with Gasteiger partial charge in [0.25, 0.3) is 11.7 Å². The van der Waals surface area contributed by atoms with Gasteiger partial charge in [0.05, 0.1) is 18.7 Å². The number of anilines is 1. The Balaban J connectivity index is 1.83. The highest BCUT2D eigenvalue weighted by Crippen LogP contribution is 2.40. The zero-order valence-corrected chi connectivity index (χ0v) is 18.9. The molecule has 0 saturated carbocycles. The van der Waals surface area contributed by atoms with Gasteiger partial charge in [0, 0.05) is 31.9 Å². The first-order chi connectivity index (χ1) is 15.9. The molecule has 0 bridgehead atoms. The molecule has 3 aromatic carbocycles. The molecule has 1 aliphatic heterocycles. The van der Waals surface area contributed by atoms with Crippen molar-refractivity contribution >= 4 is 23.1 Å². The maximum atomic E-state index is 13.2. The van der Waals surface area contributed by atoms with Crippen LogP contribution in [0.3, 0.4) is 0 Å². The Morgan fingerprint density at radius 2 is 1.58 bits per heavy atom. The fourth-order valence-corrected chi connectivity index (χ4v) is 4.03. The molecule has 6 nitrogen and oxygen atoms in total. The minimum Gasteiger partial charge on any atom is -0.507 e. The van der Waals surface area contributed by atoms with Gasteiger partial charge in [0.15, 0.2) is 0 Å². The van der Waals surface area contributed by atoms with Crippen LogP contribution in [0.5, 0.6) is 5.75 Å². The van der Waals surface area contributed by atoms with Crippen molar-refractivity contribution in [1.82, 2.24) is 4.90 Å². The van der Waals surface area contributed by atoms with Crippen LogP contribution in [0.15, 0.2) is 84.4 Å². The molecule has 1 fully saturated rings. The molecule has 4 rings (SSSR count). The number of aliphatic hydroxyl groups excluding tert-OH is 1. The molecule has 168 valence electrons. The monoisotopic (exact) mass is 442 g/mol. The number of hydrogen-bond donors (Lipinski definition) is 1. The third-order valence-corrected chi connectivity index (χ3v) is 5.82. The second kappa shape index (κ2) is 9.20. The van der Waals surface area contributed by atoms with Crippen LogP contribution in [0.4, 0.5) is 5.69 Å². The third kappa shape index (κ3) is 4.32. The van der Waals surface area contributed by atoms with Gasteiger partial charge in [-0.2, -0.15) is 0 Å². The zero-order chi connectivity index (χ0) is 23.5.